The lowest BCUT2D eigenvalue weighted by Gasteiger charge is -2.07. The molecule has 104 valence electrons. The van der Waals surface area contributed by atoms with E-state index >= 15 is 0 Å². The number of hydrogen-bond donors (Lipinski definition) is 1. The number of carbonyl (C=O) groups is 1. The monoisotopic (exact) mass is 297 g/mol. The van der Waals surface area contributed by atoms with Crippen LogP contribution < -0.4 is 4.74 Å². The van der Waals surface area contributed by atoms with E-state index in [0.29, 0.717) is 5.69 Å². The average molecular weight is 297 g/mol. The summed E-state index contributed by atoms with van der Waals surface area (Å²) in [5.74, 6) is -3.50. The van der Waals surface area contributed by atoms with Crippen LogP contribution in [0.5, 0.6) is 5.75 Å². The van der Waals surface area contributed by atoms with E-state index in [1.165, 1.54) is 11.3 Å². The minimum absolute atomic E-state index is 0.0400. The lowest BCUT2D eigenvalue weighted by Crippen LogP contribution is -2.00. The number of halogens is 2. The Morgan fingerprint density at radius 2 is 2.10 bits per heavy atom. The molecule has 0 aliphatic heterocycles. The van der Waals surface area contributed by atoms with Crippen molar-refractivity contribution in [3.05, 3.63) is 52.0 Å². The number of ether oxygens (including phenoxy) is 1. The fourth-order valence-corrected chi connectivity index (χ4v) is 1.98. The number of benzene rings is 1. The van der Waals surface area contributed by atoms with Gasteiger partial charge >= 0.3 is 5.97 Å². The van der Waals surface area contributed by atoms with Crippen LogP contribution in [-0.4, -0.2) is 16.1 Å². The Balaban J connectivity index is 2.16. The van der Waals surface area contributed by atoms with Crippen LogP contribution in [0.3, 0.4) is 0 Å². The molecule has 1 aromatic heterocycles. The van der Waals surface area contributed by atoms with Gasteiger partial charge in [0.05, 0.1) is 11.2 Å². The van der Waals surface area contributed by atoms with Gasteiger partial charge in [-0.05, 0) is 23.8 Å². The number of rotatable bonds is 5. The summed E-state index contributed by atoms with van der Waals surface area (Å²) in [4.78, 5) is 14.3. The van der Waals surface area contributed by atoms with E-state index in [9.17, 15) is 13.6 Å². The zero-order chi connectivity index (χ0) is 14.5. The first-order valence-corrected chi connectivity index (χ1v) is 6.40. The maximum absolute atomic E-state index is 13.7. The quantitative estimate of drug-likeness (QED) is 0.862. The van der Waals surface area contributed by atoms with Crippen LogP contribution in [0.25, 0.3) is 6.08 Å². The van der Waals surface area contributed by atoms with E-state index in [1.807, 2.05) is 0 Å². The van der Waals surface area contributed by atoms with E-state index in [4.69, 9.17) is 9.84 Å². The zero-order valence-electron chi connectivity index (χ0n) is 10.0. The molecule has 7 heteroatoms. The van der Waals surface area contributed by atoms with Crippen LogP contribution in [0, 0.1) is 11.6 Å². The Labute approximate surface area is 117 Å². The molecule has 1 N–H and O–H groups in total. The van der Waals surface area contributed by atoms with Crippen LogP contribution >= 0.6 is 11.3 Å². The summed E-state index contributed by atoms with van der Waals surface area (Å²) >= 11 is 1.35. The van der Waals surface area contributed by atoms with Crippen molar-refractivity contribution in [1.29, 1.82) is 0 Å². The van der Waals surface area contributed by atoms with Gasteiger partial charge in [-0.2, -0.15) is 0 Å². The van der Waals surface area contributed by atoms with Crippen molar-refractivity contribution in [3.63, 3.8) is 0 Å². The smallest absolute Gasteiger partial charge is 0.328 e. The summed E-state index contributed by atoms with van der Waals surface area (Å²) < 4.78 is 32.4. The Kier molecular flexibility index (Phi) is 4.41. The van der Waals surface area contributed by atoms with Crippen LogP contribution in [0.4, 0.5) is 8.78 Å². The molecular weight excluding hydrogens is 288 g/mol. The molecule has 2 rings (SSSR count). The van der Waals surface area contributed by atoms with Crippen LogP contribution in [0.2, 0.25) is 0 Å². The second kappa shape index (κ2) is 6.25. The minimum Gasteiger partial charge on any atom is -0.481 e. The summed E-state index contributed by atoms with van der Waals surface area (Å²) in [6.07, 6.45) is 1.89. The first-order chi connectivity index (χ1) is 9.56. The Bertz CT molecular complexity index is 618. The predicted molar refractivity (Wildman–Crippen MR) is 69.5 cm³/mol. The molecule has 0 aliphatic carbocycles. The highest BCUT2D eigenvalue weighted by molar-refractivity contribution is 7.07. The molecule has 0 bridgehead atoms. The molecule has 0 saturated carbocycles. The number of aromatic nitrogens is 1. The van der Waals surface area contributed by atoms with E-state index in [2.05, 4.69) is 4.98 Å². The average Bonchev–Trinajstić information content (AvgIpc) is 2.88. The van der Waals surface area contributed by atoms with Gasteiger partial charge in [-0.1, -0.05) is 0 Å². The minimum atomic E-state index is -1.20. The third-order valence-corrected chi connectivity index (χ3v) is 2.92. The predicted octanol–water partition coefficient (Wildman–Crippen LogP) is 3.10. The number of carboxylic acid groups (broad SMARTS) is 1. The van der Waals surface area contributed by atoms with Gasteiger partial charge in [-0.15, -0.1) is 11.3 Å². The molecule has 20 heavy (non-hydrogen) atoms. The second-order valence-electron chi connectivity index (χ2n) is 3.75. The highest BCUT2D eigenvalue weighted by Gasteiger charge is 2.12. The molecule has 0 radical (unpaired) electrons. The van der Waals surface area contributed by atoms with Gasteiger partial charge in [-0.3, -0.25) is 0 Å². The van der Waals surface area contributed by atoms with Gasteiger partial charge in [0.2, 0.25) is 0 Å². The third kappa shape index (κ3) is 3.61. The maximum Gasteiger partial charge on any atom is 0.328 e. The van der Waals surface area contributed by atoms with Crippen molar-refractivity contribution in [1.82, 2.24) is 4.98 Å². The summed E-state index contributed by atoms with van der Waals surface area (Å²) in [5, 5.41) is 10.2. The van der Waals surface area contributed by atoms with Gasteiger partial charge in [0, 0.05) is 11.5 Å². The van der Waals surface area contributed by atoms with Gasteiger partial charge in [0.25, 0.3) is 0 Å². The molecule has 0 atom stereocenters. The lowest BCUT2D eigenvalue weighted by atomic mass is 10.2. The van der Waals surface area contributed by atoms with Crippen LogP contribution in [-0.2, 0) is 11.4 Å². The molecule has 0 saturated heterocycles. The van der Waals surface area contributed by atoms with Crippen molar-refractivity contribution >= 4 is 23.4 Å². The standard InChI is InChI=1S/C13H9F2NO3S/c14-10-3-8(1-2-12(17)18)4-11(15)13(10)19-5-9-6-20-7-16-9/h1-4,6-7H,5H2,(H,17,18). The molecule has 4 nitrogen and oxygen atoms in total. The number of thiazole rings is 1. The second-order valence-corrected chi connectivity index (χ2v) is 4.47. The lowest BCUT2D eigenvalue weighted by molar-refractivity contribution is -0.131. The third-order valence-electron chi connectivity index (χ3n) is 2.29. The van der Waals surface area contributed by atoms with E-state index in [-0.39, 0.29) is 12.2 Å². The summed E-state index contributed by atoms with van der Waals surface area (Å²) in [6.45, 7) is -0.0400. The first-order valence-electron chi connectivity index (χ1n) is 5.46. The molecule has 1 aromatic carbocycles. The Morgan fingerprint density at radius 1 is 1.40 bits per heavy atom. The number of hydrogen-bond acceptors (Lipinski definition) is 4. The van der Waals surface area contributed by atoms with Crippen LogP contribution in [0.1, 0.15) is 11.3 Å². The number of carboxylic acids is 1. The van der Waals surface area contributed by atoms with Crippen molar-refractivity contribution < 1.29 is 23.4 Å². The zero-order valence-corrected chi connectivity index (χ0v) is 10.9. The maximum atomic E-state index is 13.7. The van der Waals surface area contributed by atoms with E-state index in [0.717, 1.165) is 24.3 Å². The van der Waals surface area contributed by atoms with E-state index in [1.54, 1.807) is 10.9 Å². The van der Waals surface area contributed by atoms with Crippen LogP contribution in [0.15, 0.2) is 29.1 Å². The Morgan fingerprint density at radius 3 is 2.65 bits per heavy atom. The van der Waals surface area contributed by atoms with Crippen molar-refractivity contribution in [2.75, 3.05) is 0 Å². The largest absolute Gasteiger partial charge is 0.481 e. The first kappa shape index (κ1) is 14.1. The normalized spacial score (nSPS) is 10.9. The topological polar surface area (TPSA) is 59.4 Å². The van der Waals surface area contributed by atoms with Crippen molar-refractivity contribution in [3.8, 4) is 5.75 Å². The molecule has 0 aliphatic rings. The molecule has 0 fully saturated rings. The molecule has 0 unspecified atom stereocenters. The van der Waals surface area contributed by atoms with Gasteiger partial charge in [0.1, 0.15) is 6.61 Å². The fraction of sp³-hybridized carbons (Fsp3) is 0.0769. The number of aliphatic carboxylic acids is 1. The van der Waals surface area contributed by atoms with Gasteiger partial charge < -0.3 is 9.84 Å². The van der Waals surface area contributed by atoms with E-state index < -0.39 is 23.4 Å². The number of nitrogens with zero attached hydrogens (tertiary/aromatic N) is 1. The summed E-state index contributed by atoms with van der Waals surface area (Å²) in [5.41, 5.74) is 2.26. The Hall–Kier alpha value is -2.28. The van der Waals surface area contributed by atoms with Gasteiger partial charge in [0.15, 0.2) is 17.4 Å². The molecule has 0 amide bonds. The SMILES string of the molecule is O=C(O)C=Cc1cc(F)c(OCc2cscn2)c(F)c1. The summed E-state index contributed by atoms with van der Waals surface area (Å²) in [7, 11) is 0. The molecule has 0 spiro atoms. The summed E-state index contributed by atoms with van der Waals surface area (Å²) in [6, 6.07) is 2.00. The highest BCUT2D eigenvalue weighted by atomic mass is 32.1. The molecular formula is C13H9F2NO3S. The van der Waals surface area contributed by atoms with Crippen molar-refractivity contribution in [2.45, 2.75) is 6.61 Å². The van der Waals surface area contributed by atoms with Crippen molar-refractivity contribution in [2.24, 2.45) is 0 Å². The fourth-order valence-electron chi connectivity index (χ4n) is 1.44. The molecule has 2 aromatic rings. The molecule has 1 heterocycles. The van der Waals surface area contributed by atoms with Gasteiger partial charge in [-0.25, -0.2) is 18.6 Å². The highest BCUT2D eigenvalue weighted by Crippen LogP contribution is 2.25.